The minimum Gasteiger partial charge on any atom is -0.315 e. The first-order valence-corrected chi connectivity index (χ1v) is 5.95. The van der Waals surface area contributed by atoms with Crippen LogP contribution < -0.4 is 4.90 Å². The molecule has 0 N–H and O–H groups in total. The zero-order valence-electron chi connectivity index (χ0n) is 10.4. The second-order valence-corrected chi connectivity index (χ2v) is 4.07. The number of amides is 1. The minimum absolute atomic E-state index is 0.105. The van der Waals surface area contributed by atoms with Crippen LogP contribution in [0.5, 0.6) is 0 Å². The summed E-state index contributed by atoms with van der Waals surface area (Å²) in [5, 5.41) is 8.80. The van der Waals surface area contributed by atoms with Gasteiger partial charge in [0, 0.05) is 19.2 Å². The molecule has 0 unspecified atom stereocenters. The van der Waals surface area contributed by atoms with Crippen LogP contribution >= 0.6 is 0 Å². The predicted molar refractivity (Wildman–Crippen MR) is 68.7 cm³/mol. The summed E-state index contributed by atoms with van der Waals surface area (Å²) in [5.74, 6) is 0.105. The van der Waals surface area contributed by atoms with Crippen molar-refractivity contribution >= 4 is 11.6 Å². The van der Waals surface area contributed by atoms with Gasteiger partial charge >= 0.3 is 0 Å². The van der Waals surface area contributed by atoms with E-state index in [1.54, 1.807) is 30.1 Å². The minimum atomic E-state index is 0.105. The predicted octanol–water partition coefficient (Wildman–Crippen LogP) is 3.10. The fraction of sp³-hybridized carbons (Fsp3) is 0.429. The smallest absolute Gasteiger partial charge is 0.226 e. The van der Waals surface area contributed by atoms with Crippen LogP contribution in [-0.2, 0) is 4.79 Å². The van der Waals surface area contributed by atoms with E-state index in [0.717, 1.165) is 24.9 Å². The number of nitrogens with zero attached hydrogens (tertiary/aromatic N) is 2. The van der Waals surface area contributed by atoms with Gasteiger partial charge in [0.05, 0.1) is 11.6 Å². The third-order valence-corrected chi connectivity index (χ3v) is 2.73. The van der Waals surface area contributed by atoms with Crippen molar-refractivity contribution in [3.05, 3.63) is 29.8 Å². The van der Waals surface area contributed by atoms with Crippen LogP contribution in [0.1, 0.15) is 38.2 Å². The first kappa shape index (κ1) is 13.2. The number of hydrogen-bond acceptors (Lipinski definition) is 2. The Labute approximate surface area is 103 Å². The Kier molecular flexibility index (Phi) is 5.22. The van der Waals surface area contributed by atoms with E-state index in [4.69, 9.17) is 5.26 Å². The van der Waals surface area contributed by atoms with Gasteiger partial charge in [-0.05, 0) is 24.6 Å². The van der Waals surface area contributed by atoms with Gasteiger partial charge in [-0.1, -0.05) is 25.8 Å². The summed E-state index contributed by atoms with van der Waals surface area (Å²) in [6.45, 7) is 2.12. The molecule has 0 aliphatic rings. The highest BCUT2D eigenvalue weighted by Crippen LogP contribution is 2.16. The molecule has 0 aromatic heterocycles. The largest absolute Gasteiger partial charge is 0.315 e. The van der Waals surface area contributed by atoms with E-state index in [-0.39, 0.29) is 5.91 Å². The Bertz CT molecular complexity index is 420. The van der Waals surface area contributed by atoms with Crippen LogP contribution in [0.15, 0.2) is 24.3 Å². The molecule has 0 saturated heterocycles. The molecule has 0 saturated carbocycles. The first-order valence-electron chi connectivity index (χ1n) is 5.95. The maximum absolute atomic E-state index is 11.9. The Morgan fingerprint density at radius 2 is 2.18 bits per heavy atom. The van der Waals surface area contributed by atoms with E-state index in [2.05, 4.69) is 13.0 Å². The molecule has 0 aliphatic carbocycles. The Balaban J connectivity index is 2.65. The van der Waals surface area contributed by atoms with E-state index >= 15 is 0 Å². The lowest BCUT2D eigenvalue weighted by atomic mass is 10.1. The maximum atomic E-state index is 11.9. The molecule has 90 valence electrons. The molecule has 3 nitrogen and oxygen atoms in total. The summed E-state index contributed by atoms with van der Waals surface area (Å²) in [6, 6.07) is 9.19. The van der Waals surface area contributed by atoms with Crippen molar-refractivity contribution in [3.8, 4) is 6.07 Å². The lowest BCUT2D eigenvalue weighted by Gasteiger charge is -2.17. The van der Waals surface area contributed by atoms with Gasteiger partial charge in [0.15, 0.2) is 0 Å². The number of unbranched alkanes of at least 4 members (excludes halogenated alkanes) is 2. The second-order valence-electron chi connectivity index (χ2n) is 4.07. The molecule has 0 spiro atoms. The van der Waals surface area contributed by atoms with Gasteiger partial charge in [-0.2, -0.15) is 5.26 Å². The number of carbonyl (C=O) groups is 1. The van der Waals surface area contributed by atoms with E-state index in [1.165, 1.54) is 0 Å². The summed E-state index contributed by atoms with van der Waals surface area (Å²) >= 11 is 0. The highest BCUT2D eigenvalue weighted by atomic mass is 16.2. The zero-order chi connectivity index (χ0) is 12.7. The van der Waals surface area contributed by atoms with Crippen LogP contribution in [-0.4, -0.2) is 13.0 Å². The summed E-state index contributed by atoms with van der Waals surface area (Å²) in [4.78, 5) is 13.5. The molecule has 0 bridgehead atoms. The number of rotatable bonds is 5. The summed E-state index contributed by atoms with van der Waals surface area (Å²) in [7, 11) is 1.75. The molecule has 0 fully saturated rings. The van der Waals surface area contributed by atoms with Gasteiger partial charge in [0.1, 0.15) is 0 Å². The van der Waals surface area contributed by atoms with Crippen molar-refractivity contribution in [2.24, 2.45) is 0 Å². The van der Waals surface area contributed by atoms with Crippen molar-refractivity contribution in [1.29, 1.82) is 5.26 Å². The highest BCUT2D eigenvalue weighted by Gasteiger charge is 2.10. The zero-order valence-corrected chi connectivity index (χ0v) is 10.4. The van der Waals surface area contributed by atoms with Crippen LogP contribution in [0.2, 0.25) is 0 Å². The van der Waals surface area contributed by atoms with Gasteiger partial charge in [0.2, 0.25) is 5.91 Å². The molecular weight excluding hydrogens is 212 g/mol. The molecule has 17 heavy (non-hydrogen) atoms. The van der Waals surface area contributed by atoms with Gasteiger partial charge in [-0.15, -0.1) is 0 Å². The molecule has 1 aromatic carbocycles. The molecular formula is C14H18N2O. The summed E-state index contributed by atoms with van der Waals surface area (Å²) in [6.07, 6.45) is 3.69. The van der Waals surface area contributed by atoms with E-state index < -0.39 is 0 Å². The topological polar surface area (TPSA) is 44.1 Å². The Morgan fingerprint density at radius 3 is 2.82 bits per heavy atom. The van der Waals surface area contributed by atoms with E-state index in [0.29, 0.717) is 12.0 Å². The third kappa shape index (κ3) is 3.92. The molecule has 0 aliphatic heterocycles. The van der Waals surface area contributed by atoms with Gasteiger partial charge in [0.25, 0.3) is 0 Å². The second kappa shape index (κ2) is 6.70. The summed E-state index contributed by atoms with van der Waals surface area (Å²) in [5.41, 5.74) is 1.36. The van der Waals surface area contributed by atoms with E-state index in [1.807, 2.05) is 6.07 Å². The quantitative estimate of drug-likeness (QED) is 0.729. The van der Waals surface area contributed by atoms with E-state index in [9.17, 15) is 4.79 Å². The average Bonchev–Trinajstić information content (AvgIpc) is 2.38. The van der Waals surface area contributed by atoms with Crippen molar-refractivity contribution < 1.29 is 4.79 Å². The van der Waals surface area contributed by atoms with Crippen molar-refractivity contribution in [2.45, 2.75) is 32.6 Å². The van der Waals surface area contributed by atoms with Crippen LogP contribution in [0.3, 0.4) is 0 Å². The Hall–Kier alpha value is -1.82. The maximum Gasteiger partial charge on any atom is 0.226 e. The van der Waals surface area contributed by atoms with Crippen molar-refractivity contribution in [2.75, 3.05) is 11.9 Å². The van der Waals surface area contributed by atoms with Gasteiger partial charge in [-0.3, -0.25) is 4.79 Å². The van der Waals surface area contributed by atoms with Crippen LogP contribution in [0, 0.1) is 11.3 Å². The number of benzene rings is 1. The number of carbonyl (C=O) groups excluding carboxylic acids is 1. The number of hydrogen-bond donors (Lipinski definition) is 0. The summed E-state index contributed by atoms with van der Waals surface area (Å²) < 4.78 is 0. The monoisotopic (exact) mass is 230 g/mol. The van der Waals surface area contributed by atoms with Gasteiger partial charge < -0.3 is 4.90 Å². The number of anilines is 1. The normalized spacial score (nSPS) is 9.71. The number of nitriles is 1. The van der Waals surface area contributed by atoms with Gasteiger partial charge in [-0.25, -0.2) is 0 Å². The molecule has 0 atom stereocenters. The average molecular weight is 230 g/mol. The molecule has 1 amide bonds. The van der Waals surface area contributed by atoms with Crippen molar-refractivity contribution in [1.82, 2.24) is 0 Å². The van der Waals surface area contributed by atoms with Crippen LogP contribution in [0.25, 0.3) is 0 Å². The fourth-order valence-corrected chi connectivity index (χ4v) is 1.62. The third-order valence-electron chi connectivity index (χ3n) is 2.73. The lowest BCUT2D eigenvalue weighted by Crippen LogP contribution is -2.25. The molecule has 3 heteroatoms. The highest BCUT2D eigenvalue weighted by molar-refractivity contribution is 5.92. The standard InChI is InChI=1S/C14H18N2O/c1-3-4-5-9-14(17)16(2)13-8-6-7-12(10-13)11-15/h6-8,10H,3-5,9H2,1-2H3. The first-order chi connectivity index (χ1) is 8.19. The van der Waals surface area contributed by atoms with Crippen molar-refractivity contribution in [3.63, 3.8) is 0 Å². The SMILES string of the molecule is CCCCCC(=O)N(C)c1cccc(C#N)c1. The Morgan fingerprint density at radius 1 is 1.41 bits per heavy atom. The molecule has 1 aromatic rings. The molecule has 1 rings (SSSR count). The lowest BCUT2D eigenvalue weighted by molar-refractivity contribution is -0.118. The van der Waals surface area contributed by atoms with Crippen LogP contribution in [0.4, 0.5) is 5.69 Å². The molecule has 0 heterocycles. The fourth-order valence-electron chi connectivity index (χ4n) is 1.62. The molecule has 0 radical (unpaired) electrons.